The van der Waals surface area contributed by atoms with Gasteiger partial charge in [0.05, 0.1) is 23.4 Å². The third kappa shape index (κ3) is 2.22. The van der Waals surface area contributed by atoms with Crippen LogP contribution in [-0.4, -0.2) is 21.7 Å². The number of hydrogen-bond acceptors (Lipinski definition) is 5. The smallest absolute Gasteiger partial charge is 0.152 e. The number of fused-ring (bicyclic) bond motifs is 2. The SMILES string of the molecule is COc1cc(C)cc2cc(-c3cc(CCl)n4ncnc(N)c34)sc12. The van der Waals surface area contributed by atoms with Crippen LogP contribution in [0.15, 0.2) is 30.6 Å². The Labute approximate surface area is 147 Å². The zero-order valence-electron chi connectivity index (χ0n) is 13.2. The van der Waals surface area contributed by atoms with Gasteiger partial charge in [0.15, 0.2) is 5.82 Å². The van der Waals surface area contributed by atoms with Crippen molar-refractivity contribution in [1.29, 1.82) is 0 Å². The van der Waals surface area contributed by atoms with Crippen LogP contribution in [0.5, 0.6) is 5.75 Å². The van der Waals surface area contributed by atoms with Crippen LogP contribution in [0, 0.1) is 6.92 Å². The van der Waals surface area contributed by atoms with Crippen molar-refractivity contribution in [1.82, 2.24) is 14.6 Å². The van der Waals surface area contributed by atoms with Crippen LogP contribution in [-0.2, 0) is 5.88 Å². The van der Waals surface area contributed by atoms with Crippen molar-refractivity contribution >= 4 is 44.4 Å². The third-order valence-electron chi connectivity index (χ3n) is 4.01. The zero-order chi connectivity index (χ0) is 16.8. The molecule has 0 aliphatic heterocycles. The van der Waals surface area contributed by atoms with Gasteiger partial charge in [-0.2, -0.15) is 5.10 Å². The van der Waals surface area contributed by atoms with E-state index in [9.17, 15) is 0 Å². The second kappa shape index (κ2) is 5.65. The van der Waals surface area contributed by atoms with Crippen molar-refractivity contribution in [3.8, 4) is 16.2 Å². The summed E-state index contributed by atoms with van der Waals surface area (Å²) in [7, 11) is 1.69. The van der Waals surface area contributed by atoms with Gasteiger partial charge in [0.25, 0.3) is 0 Å². The van der Waals surface area contributed by atoms with E-state index in [1.54, 1.807) is 23.0 Å². The summed E-state index contributed by atoms with van der Waals surface area (Å²) in [5, 5.41) is 5.43. The Morgan fingerprint density at radius 3 is 2.88 bits per heavy atom. The highest BCUT2D eigenvalue weighted by atomic mass is 35.5. The number of hydrogen-bond donors (Lipinski definition) is 1. The van der Waals surface area contributed by atoms with Crippen molar-refractivity contribution in [3.05, 3.63) is 41.9 Å². The summed E-state index contributed by atoms with van der Waals surface area (Å²) in [6.45, 7) is 2.06. The van der Waals surface area contributed by atoms with Gasteiger partial charge in [0.1, 0.15) is 17.6 Å². The number of benzene rings is 1. The third-order valence-corrected chi connectivity index (χ3v) is 5.48. The first kappa shape index (κ1) is 15.2. The first-order chi connectivity index (χ1) is 11.6. The molecule has 122 valence electrons. The minimum atomic E-state index is 0.352. The van der Waals surface area contributed by atoms with Gasteiger partial charge in [0.2, 0.25) is 0 Å². The lowest BCUT2D eigenvalue weighted by Crippen LogP contribution is -2.01. The number of methoxy groups -OCH3 is 1. The van der Waals surface area contributed by atoms with E-state index < -0.39 is 0 Å². The zero-order valence-corrected chi connectivity index (χ0v) is 14.8. The monoisotopic (exact) mass is 358 g/mol. The number of aromatic nitrogens is 3. The molecule has 0 unspecified atom stereocenters. The van der Waals surface area contributed by atoms with Crippen molar-refractivity contribution in [2.24, 2.45) is 0 Å². The molecule has 3 heterocycles. The predicted octanol–water partition coefficient (Wildman–Crippen LogP) is 4.25. The van der Waals surface area contributed by atoms with Gasteiger partial charge in [-0.25, -0.2) is 9.50 Å². The summed E-state index contributed by atoms with van der Waals surface area (Å²) >= 11 is 7.73. The van der Waals surface area contributed by atoms with Crippen molar-refractivity contribution in [2.45, 2.75) is 12.8 Å². The molecule has 4 aromatic rings. The minimum absolute atomic E-state index is 0.352. The molecule has 0 radical (unpaired) electrons. The molecule has 0 saturated heterocycles. The molecule has 0 aliphatic rings. The van der Waals surface area contributed by atoms with Crippen LogP contribution >= 0.6 is 22.9 Å². The van der Waals surface area contributed by atoms with E-state index in [4.69, 9.17) is 22.1 Å². The summed E-state index contributed by atoms with van der Waals surface area (Å²) in [6.07, 6.45) is 1.44. The highest BCUT2D eigenvalue weighted by Crippen LogP contribution is 2.42. The number of alkyl halides is 1. The van der Waals surface area contributed by atoms with Gasteiger partial charge in [-0.3, -0.25) is 0 Å². The van der Waals surface area contributed by atoms with Gasteiger partial charge >= 0.3 is 0 Å². The fourth-order valence-corrected chi connectivity index (χ4v) is 4.30. The second-order valence-corrected chi connectivity index (χ2v) is 6.90. The topological polar surface area (TPSA) is 65.4 Å². The molecule has 7 heteroatoms. The molecule has 1 aromatic carbocycles. The Kier molecular flexibility index (Phi) is 3.58. The number of ether oxygens (including phenoxy) is 1. The standard InChI is InChI=1S/C17H15ClN4OS/c1-9-3-10-5-14(24-16(10)13(4-9)23-2)12-6-11(7-18)22-15(12)17(19)20-8-21-22/h3-6,8H,7H2,1-2H3,(H2,19,20,21). The largest absolute Gasteiger partial charge is 0.495 e. The lowest BCUT2D eigenvalue weighted by atomic mass is 10.1. The second-order valence-electron chi connectivity index (χ2n) is 5.58. The molecule has 0 aliphatic carbocycles. The highest BCUT2D eigenvalue weighted by Gasteiger charge is 2.17. The van der Waals surface area contributed by atoms with Gasteiger partial charge in [-0.1, -0.05) is 6.07 Å². The minimum Gasteiger partial charge on any atom is -0.495 e. The van der Waals surface area contributed by atoms with Crippen LogP contribution in [0.3, 0.4) is 0 Å². The normalized spacial score (nSPS) is 11.5. The fraction of sp³-hybridized carbons (Fsp3) is 0.176. The van der Waals surface area contributed by atoms with Crippen LogP contribution in [0.2, 0.25) is 0 Å². The maximum atomic E-state index is 6.10. The maximum absolute atomic E-state index is 6.10. The molecular weight excluding hydrogens is 344 g/mol. The van der Waals surface area contributed by atoms with Crippen molar-refractivity contribution < 1.29 is 4.74 Å². The molecule has 2 N–H and O–H groups in total. The van der Waals surface area contributed by atoms with E-state index in [1.807, 2.05) is 12.1 Å². The summed E-state index contributed by atoms with van der Waals surface area (Å²) < 4.78 is 8.40. The average molecular weight is 359 g/mol. The van der Waals surface area contributed by atoms with Gasteiger partial charge in [0, 0.05) is 10.4 Å². The number of nitrogens with two attached hydrogens (primary N) is 1. The molecule has 24 heavy (non-hydrogen) atoms. The van der Waals surface area contributed by atoms with E-state index in [0.29, 0.717) is 11.7 Å². The molecule has 3 aromatic heterocycles. The summed E-state index contributed by atoms with van der Waals surface area (Å²) in [5.74, 6) is 1.67. The van der Waals surface area contributed by atoms with Gasteiger partial charge in [-0.15, -0.1) is 22.9 Å². The number of aryl methyl sites for hydroxylation is 1. The fourth-order valence-electron chi connectivity index (χ4n) is 2.96. The molecule has 5 nitrogen and oxygen atoms in total. The van der Waals surface area contributed by atoms with E-state index in [2.05, 4.69) is 29.1 Å². The average Bonchev–Trinajstić information content (AvgIpc) is 3.15. The summed E-state index contributed by atoms with van der Waals surface area (Å²) in [4.78, 5) is 5.21. The maximum Gasteiger partial charge on any atom is 0.152 e. The molecular formula is C17H15ClN4OS. The Morgan fingerprint density at radius 2 is 2.12 bits per heavy atom. The van der Waals surface area contributed by atoms with Crippen molar-refractivity contribution in [3.63, 3.8) is 0 Å². The van der Waals surface area contributed by atoms with Crippen LogP contribution in [0.1, 0.15) is 11.3 Å². The number of thiophene rings is 1. The Bertz CT molecular complexity index is 1070. The van der Waals surface area contributed by atoms with E-state index in [1.165, 1.54) is 6.33 Å². The summed E-state index contributed by atoms with van der Waals surface area (Å²) in [6, 6.07) is 8.37. The predicted molar refractivity (Wildman–Crippen MR) is 99.1 cm³/mol. The van der Waals surface area contributed by atoms with E-state index >= 15 is 0 Å². The molecule has 0 saturated carbocycles. The molecule has 0 bridgehead atoms. The molecule has 4 rings (SSSR count). The summed E-state index contributed by atoms with van der Waals surface area (Å²) in [5.41, 5.74) is 9.93. The number of nitrogens with zero attached hydrogens (tertiary/aromatic N) is 3. The quantitative estimate of drug-likeness (QED) is 0.556. The lowest BCUT2D eigenvalue weighted by Gasteiger charge is -2.02. The Hall–Kier alpha value is -2.31. The molecule has 0 spiro atoms. The van der Waals surface area contributed by atoms with Gasteiger partial charge in [-0.05, 0) is 36.1 Å². The van der Waals surface area contributed by atoms with Crippen LogP contribution in [0.4, 0.5) is 5.82 Å². The molecule has 0 fully saturated rings. The molecule has 0 atom stereocenters. The Balaban J connectivity index is 2.03. The number of rotatable bonds is 3. The first-order valence-electron chi connectivity index (χ1n) is 7.38. The lowest BCUT2D eigenvalue weighted by molar-refractivity contribution is 0.420. The highest BCUT2D eigenvalue weighted by molar-refractivity contribution is 7.22. The number of nitrogen functional groups attached to an aromatic ring is 1. The first-order valence-corrected chi connectivity index (χ1v) is 8.73. The molecule has 0 amide bonds. The number of halogens is 1. The van der Waals surface area contributed by atoms with Crippen LogP contribution < -0.4 is 10.5 Å². The van der Waals surface area contributed by atoms with E-state index in [0.717, 1.165) is 43.1 Å². The van der Waals surface area contributed by atoms with Crippen LogP contribution in [0.25, 0.3) is 26.0 Å². The van der Waals surface area contributed by atoms with Gasteiger partial charge < -0.3 is 10.5 Å². The number of anilines is 1. The van der Waals surface area contributed by atoms with E-state index in [-0.39, 0.29) is 0 Å². The Morgan fingerprint density at radius 1 is 1.29 bits per heavy atom. The van der Waals surface area contributed by atoms with Crippen molar-refractivity contribution in [2.75, 3.05) is 12.8 Å².